The van der Waals surface area contributed by atoms with Crippen molar-refractivity contribution >= 4 is 21.6 Å². The molecular formula is C22H30N2O9S. The highest BCUT2D eigenvalue weighted by Gasteiger charge is 2.30. The molecule has 0 bridgehead atoms. The van der Waals surface area contributed by atoms with E-state index >= 15 is 0 Å². The molecule has 0 saturated carbocycles. The number of carbonyl (C=O) groups excluding carboxylic acids is 1. The number of amides is 1. The van der Waals surface area contributed by atoms with E-state index in [1.54, 1.807) is 42.5 Å². The van der Waals surface area contributed by atoms with Gasteiger partial charge in [-0.15, -0.1) is 0 Å². The summed E-state index contributed by atoms with van der Waals surface area (Å²) >= 11 is 0. The van der Waals surface area contributed by atoms with Crippen molar-refractivity contribution in [3.63, 3.8) is 0 Å². The number of rotatable bonds is 12. The van der Waals surface area contributed by atoms with Crippen LogP contribution in [0.15, 0.2) is 42.5 Å². The predicted molar refractivity (Wildman–Crippen MR) is 125 cm³/mol. The van der Waals surface area contributed by atoms with Gasteiger partial charge in [0.25, 0.3) is 0 Å². The molecule has 2 rings (SSSR count). The number of nitrogens with one attached hydrogen (secondary N) is 2. The fourth-order valence-electron chi connectivity index (χ4n) is 3.07. The van der Waals surface area contributed by atoms with Gasteiger partial charge in [0.05, 0.1) is 31.6 Å². The van der Waals surface area contributed by atoms with Gasteiger partial charge in [0.15, 0.2) is 6.23 Å². The van der Waals surface area contributed by atoms with Crippen molar-refractivity contribution in [3.8, 4) is 22.6 Å². The summed E-state index contributed by atoms with van der Waals surface area (Å²) in [6.45, 7) is 2.00. The monoisotopic (exact) mass is 498 g/mol. The van der Waals surface area contributed by atoms with Crippen LogP contribution in [-0.4, -0.2) is 74.3 Å². The van der Waals surface area contributed by atoms with E-state index in [-0.39, 0.29) is 5.75 Å². The van der Waals surface area contributed by atoms with E-state index in [1.807, 2.05) is 0 Å². The number of sulfonamides is 1. The summed E-state index contributed by atoms with van der Waals surface area (Å²) in [5, 5.41) is 32.1. The average molecular weight is 499 g/mol. The number of hydrogen-bond acceptors (Lipinski definition) is 9. The van der Waals surface area contributed by atoms with Crippen molar-refractivity contribution in [1.82, 2.24) is 5.32 Å². The SMILES string of the molecule is COc1cccc(OC(OC(CO)C(C)O)C(O)NC(C)=O)c1-c1cccc(NS(C)(=O)=O)c1. The lowest BCUT2D eigenvalue weighted by Gasteiger charge is -2.30. The second-order valence-corrected chi connectivity index (χ2v) is 9.27. The number of carbonyl (C=O) groups is 1. The first kappa shape index (κ1) is 27.3. The molecule has 188 valence electrons. The van der Waals surface area contributed by atoms with Gasteiger partial charge in [-0.3, -0.25) is 9.52 Å². The topological polar surface area (TPSA) is 164 Å². The Bertz CT molecular complexity index is 1080. The quantitative estimate of drug-likeness (QED) is 0.264. The summed E-state index contributed by atoms with van der Waals surface area (Å²) < 4.78 is 42.6. The van der Waals surface area contributed by atoms with Gasteiger partial charge >= 0.3 is 0 Å². The highest BCUT2D eigenvalue weighted by Crippen LogP contribution is 2.40. The lowest BCUT2D eigenvalue weighted by Crippen LogP contribution is -2.49. The zero-order valence-electron chi connectivity index (χ0n) is 19.3. The van der Waals surface area contributed by atoms with E-state index in [1.165, 1.54) is 21.0 Å². The second kappa shape index (κ2) is 12.0. The van der Waals surface area contributed by atoms with Gasteiger partial charge in [0.1, 0.15) is 17.6 Å². The summed E-state index contributed by atoms with van der Waals surface area (Å²) in [5.41, 5.74) is 1.23. The molecule has 2 aromatic rings. The van der Waals surface area contributed by atoms with E-state index in [9.17, 15) is 28.5 Å². The Labute approximate surface area is 198 Å². The first-order valence-electron chi connectivity index (χ1n) is 10.3. The number of aliphatic hydroxyl groups excluding tert-OH is 3. The van der Waals surface area contributed by atoms with Crippen molar-refractivity contribution in [2.45, 2.75) is 38.6 Å². The molecular weight excluding hydrogens is 468 g/mol. The Morgan fingerprint density at radius 1 is 1.12 bits per heavy atom. The van der Waals surface area contributed by atoms with Gasteiger partial charge in [0.2, 0.25) is 22.2 Å². The molecule has 4 atom stereocenters. The van der Waals surface area contributed by atoms with Crippen LogP contribution in [0.1, 0.15) is 13.8 Å². The molecule has 0 heterocycles. The number of aliphatic hydroxyl groups is 3. The van der Waals surface area contributed by atoms with Gasteiger partial charge in [0, 0.05) is 12.6 Å². The van der Waals surface area contributed by atoms with Crippen LogP contribution in [0.2, 0.25) is 0 Å². The number of ether oxygens (including phenoxy) is 3. The molecule has 0 spiro atoms. The smallest absolute Gasteiger partial charge is 0.245 e. The molecule has 2 aromatic carbocycles. The van der Waals surface area contributed by atoms with Crippen molar-refractivity contribution in [2.24, 2.45) is 0 Å². The van der Waals surface area contributed by atoms with Crippen molar-refractivity contribution in [1.29, 1.82) is 0 Å². The molecule has 0 radical (unpaired) electrons. The third kappa shape index (κ3) is 7.85. The number of anilines is 1. The van der Waals surface area contributed by atoms with Crippen LogP contribution in [0.4, 0.5) is 5.69 Å². The molecule has 12 heteroatoms. The minimum Gasteiger partial charge on any atom is -0.496 e. The summed E-state index contributed by atoms with van der Waals surface area (Å²) in [7, 11) is -2.08. The summed E-state index contributed by atoms with van der Waals surface area (Å²) in [6.07, 6.45) is -4.38. The largest absolute Gasteiger partial charge is 0.496 e. The third-order valence-electron chi connectivity index (χ3n) is 4.54. The van der Waals surface area contributed by atoms with Gasteiger partial charge in [-0.25, -0.2) is 8.42 Å². The molecule has 0 fully saturated rings. The lowest BCUT2D eigenvalue weighted by atomic mass is 10.0. The highest BCUT2D eigenvalue weighted by molar-refractivity contribution is 7.92. The van der Waals surface area contributed by atoms with Crippen LogP contribution in [0.25, 0.3) is 11.1 Å². The molecule has 11 nitrogen and oxygen atoms in total. The fourth-order valence-corrected chi connectivity index (χ4v) is 3.62. The first-order valence-corrected chi connectivity index (χ1v) is 12.2. The zero-order chi connectivity index (χ0) is 25.5. The zero-order valence-corrected chi connectivity index (χ0v) is 20.1. The van der Waals surface area contributed by atoms with Gasteiger partial charge in [-0.2, -0.15) is 0 Å². The Hall–Kier alpha value is -2.90. The van der Waals surface area contributed by atoms with Gasteiger partial charge in [-0.05, 0) is 36.8 Å². The van der Waals surface area contributed by atoms with Crippen molar-refractivity contribution in [2.75, 3.05) is 24.7 Å². The molecule has 1 amide bonds. The van der Waals surface area contributed by atoms with E-state index in [0.717, 1.165) is 6.26 Å². The molecule has 0 aliphatic rings. The van der Waals surface area contributed by atoms with Crippen molar-refractivity contribution < 1.29 is 42.7 Å². The number of benzene rings is 2. The Balaban J connectivity index is 2.53. The van der Waals surface area contributed by atoms with E-state index in [4.69, 9.17) is 14.2 Å². The molecule has 0 aliphatic carbocycles. The minimum atomic E-state index is -3.52. The third-order valence-corrected chi connectivity index (χ3v) is 5.15. The van der Waals surface area contributed by atoms with E-state index in [0.29, 0.717) is 22.6 Å². The highest BCUT2D eigenvalue weighted by atomic mass is 32.2. The Morgan fingerprint density at radius 3 is 2.32 bits per heavy atom. The summed E-state index contributed by atoms with van der Waals surface area (Å²) in [4.78, 5) is 11.5. The predicted octanol–water partition coefficient (Wildman–Crippen LogP) is 0.651. The average Bonchev–Trinajstić information content (AvgIpc) is 2.74. The maximum Gasteiger partial charge on any atom is 0.245 e. The number of hydrogen-bond donors (Lipinski definition) is 5. The normalized spacial score (nSPS) is 15.0. The maximum atomic E-state index is 11.7. The summed E-state index contributed by atoms with van der Waals surface area (Å²) in [6, 6.07) is 11.3. The second-order valence-electron chi connectivity index (χ2n) is 7.52. The Morgan fingerprint density at radius 2 is 1.76 bits per heavy atom. The lowest BCUT2D eigenvalue weighted by molar-refractivity contribution is -0.205. The van der Waals surface area contributed by atoms with Crippen LogP contribution in [0, 0.1) is 0 Å². The van der Waals surface area contributed by atoms with Crippen LogP contribution in [0.3, 0.4) is 0 Å². The van der Waals surface area contributed by atoms with Crippen LogP contribution >= 0.6 is 0 Å². The standard InChI is InChI=1S/C22H30N2O9S/c1-13(26)19(12-25)33-22(21(28)23-14(2)27)32-18-10-6-9-17(31-3)20(18)15-7-5-8-16(11-15)24-34(4,29)30/h5-11,13,19,21-22,24-26,28H,12H2,1-4H3,(H,23,27). The van der Waals surface area contributed by atoms with E-state index < -0.39 is 47.3 Å². The van der Waals surface area contributed by atoms with Gasteiger partial charge in [-0.1, -0.05) is 18.2 Å². The summed E-state index contributed by atoms with van der Waals surface area (Å²) in [5.74, 6) is -0.0312. The molecule has 0 saturated heterocycles. The van der Waals surface area contributed by atoms with Crippen LogP contribution in [0.5, 0.6) is 11.5 Å². The van der Waals surface area contributed by atoms with E-state index in [2.05, 4.69) is 10.0 Å². The molecule has 5 N–H and O–H groups in total. The molecule has 34 heavy (non-hydrogen) atoms. The number of methoxy groups -OCH3 is 1. The van der Waals surface area contributed by atoms with Crippen LogP contribution in [-0.2, 0) is 19.6 Å². The molecule has 4 unspecified atom stereocenters. The molecule has 0 aliphatic heterocycles. The van der Waals surface area contributed by atoms with Crippen LogP contribution < -0.4 is 19.5 Å². The van der Waals surface area contributed by atoms with Gasteiger partial charge < -0.3 is 34.8 Å². The Kier molecular flexibility index (Phi) is 9.65. The fraction of sp³-hybridized carbons (Fsp3) is 0.409. The maximum absolute atomic E-state index is 11.7. The molecule has 0 aromatic heterocycles. The first-order chi connectivity index (χ1) is 15.9. The minimum absolute atomic E-state index is 0.160. The van der Waals surface area contributed by atoms with Crippen molar-refractivity contribution in [3.05, 3.63) is 42.5 Å².